The quantitative estimate of drug-likeness (QED) is 0.682. The number of amides is 5. The number of urea groups is 2. The van der Waals surface area contributed by atoms with Crippen LogP contribution in [0.25, 0.3) is 0 Å². The van der Waals surface area contributed by atoms with E-state index in [1.807, 2.05) is 19.1 Å². The van der Waals surface area contributed by atoms with Gasteiger partial charge in [-0.3, -0.25) is 9.78 Å². The Morgan fingerprint density at radius 2 is 2.00 bits per heavy atom. The predicted octanol–water partition coefficient (Wildman–Crippen LogP) is 2.28. The van der Waals surface area contributed by atoms with Crippen LogP contribution in [0, 0.1) is 0 Å². The molecule has 2 heterocycles. The molecule has 1 atom stereocenters. The summed E-state index contributed by atoms with van der Waals surface area (Å²) in [6.07, 6.45) is 4.63. The molecule has 1 fully saturated rings. The van der Waals surface area contributed by atoms with Crippen LogP contribution in [-0.4, -0.2) is 35.5 Å². The van der Waals surface area contributed by atoms with Crippen LogP contribution in [0.2, 0.25) is 0 Å². The van der Waals surface area contributed by atoms with Crippen molar-refractivity contribution in [1.82, 2.24) is 15.6 Å². The minimum atomic E-state index is -0.509. The van der Waals surface area contributed by atoms with Crippen molar-refractivity contribution in [2.75, 3.05) is 16.8 Å². The van der Waals surface area contributed by atoms with E-state index in [2.05, 4.69) is 20.9 Å². The molecule has 3 N–H and O–H groups in total. The van der Waals surface area contributed by atoms with Crippen molar-refractivity contribution in [3.8, 4) is 0 Å². The van der Waals surface area contributed by atoms with E-state index in [1.54, 1.807) is 36.7 Å². The lowest BCUT2D eigenvalue weighted by Crippen LogP contribution is -2.32. The lowest BCUT2D eigenvalue weighted by atomic mass is 10.2. The van der Waals surface area contributed by atoms with Gasteiger partial charge in [-0.2, -0.15) is 0 Å². The molecule has 8 heteroatoms. The Labute approximate surface area is 157 Å². The van der Waals surface area contributed by atoms with Gasteiger partial charge in [0, 0.05) is 24.6 Å². The molecule has 8 nitrogen and oxygen atoms in total. The molecule has 1 aliphatic heterocycles. The van der Waals surface area contributed by atoms with E-state index in [0.29, 0.717) is 30.8 Å². The van der Waals surface area contributed by atoms with Crippen LogP contribution in [-0.2, 0) is 11.2 Å². The Morgan fingerprint density at radius 3 is 2.70 bits per heavy atom. The molecule has 1 unspecified atom stereocenters. The number of carbonyl (C=O) groups excluding carboxylic acids is 3. The number of rotatable bonds is 6. The number of pyridine rings is 1. The second kappa shape index (κ2) is 8.31. The number of carbonyl (C=O) groups is 3. The van der Waals surface area contributed by atoms with Crippen molar-refractivity contribution < 1.29 is 14.4 Å². The number of aromatic nitrogens is 1. The first-order chi connectivity index (χ1) is 13.1. The molecule has 0 aliphatic carbocycles. The Balaban J connectivity index is 1.58. The smallest absolute Gasteiger partial charge is 0.329 e. The van der Waals surface area contributed by atoms with E-state index in [-0.39, 0.29) is 11.9 Å². The van der Waals surface area contributed by atoms with E-state index in [4.69, 9.17) is 0 Å². The summed E-state index contributed by atoms with van der Waals surface area (Å²) in [4.78, 5) is 41.5. The molecule has 0 spiro atoms. The average molecular weight is 367 g/mol. The van der Waals surface area contributed by atoms with E-state index < -0.39 is 12.1 Å². The molecule has 1 saturated heterocycles. The summed E-state index contributed by atoms with van der Waals surface area (Å²) >= 11 is 0. The van der Waals surface area contributed by atoms with Gasteiger partial charge in [0.2, 0.25) is 0 Å². The number of nitrogens with one attached hydrogen (secondary N) is 3. The van der Waals surface area contributed by atoms with Crippen molar-refractivity contribution in [3.05, 3.63) is 54.4 Å². The molecule has 1 aromatic carbocycles. The van der Waals surface area contributed by atoms with Crippen LogP contribution < -0.4 is 20.9 Å². The molecular formula is C19H21N5O3. The van der Waals surface area contributed by atoms with E-state index in [1.165, 1.54) is 0 Å². The molecule has 0 saturated carbocycles. The highest BCUT2D eigenvalue weighted by atomic mass is 16.2. The first-order valence-corrected chi connectivity index (χ1v) is 8.76. The summed E-state index contributed by atoms with van der Waals surface area (Å²) in [6.45, 7) is 2.31. The van der Waals surface area contributed by atoms with Gasteiger partial charge < -0.3 is 16.0 Å². The van der Waals surface area contributed by atoms with Gasteiger partial charge in [0.25, 0.3) is 5.91 Å². The van der Waals surface area contributed by atoms with Crippen LogP contribution in [0.5, 0.6) is 0 Å². The number of hydrogen-bond donors (Lipinski definition) is 3. The average Bonchev–Trinajstić information content (AvgIpc) is 2.96. The molecular weight excluding hydrogens is 346 g/mol. The maximum Gasteiger partial charge on any atom is 0.329 e. The third-order valence-electron chi connectivity index (χ3n) is 4.24. The SMILES string of the molecule is CCC1NC(=O)N(c2cccc(NC(=O)NCCc3ccncc3)c2)C1=O. The maximum atomic E-state index is 12.3. The molecule has 0 bridgehead atoms. The normalized spacial score (nSPS) is 16.2. The Kier molecular flexibility index (Phi) is 5.65. The lowest BCUT2D eigenvalue weighted by molar-refractivity contribution is -0.118. The predicted molar refractivity (Wildman–Crippen MR) is 102 cm³/mol. The van der Waals surface area contributed by atoms with Crippen LogP contribution >= 0.6 is 0 Å². The van der Waals surface area contributed by atoms with E-state index in [0.717, 1.165) is 10.5 Å². The second-order valence-corrected chi connectivity index (χ2v) is 6.12. The van der Waals surface area contributed by atoms with Gasteiger partial charge in [-0.25, -0.2) is 14.5 Å². The number of nitrogens with zero attached hydrogens (tertiary/aromatic N) is 2. The molecule has 140 valence electrons. The topological polar surface area (TPSA) is 103 Å². The van der Waals surface area contributed by atoms with Gasteiger partial charge in [0.1, 0.15) is 6.04 Å². The summed E-state index contributed by atoms with van der Waals surface area (Å²) in [6, 6.07) is 9.10. The second-order valence-electron chi connectivity index (χ2n) is 6.12. The lowest BCUT2D eigenvalue weighted by Gasteiger charge is -2.14. The highest BCUT2D eigenvalue weighted by Crippen LogP contribution is 2.23. The van der Waals surface area contributed by atoms with Crippen molar-refractivity contribution in [2.24, 2.45) is 0 Å². The summed E-state index contributed by atoms with van der Waals surface area (Å²) in [5.41, 5.74) is 1.99. The monoisotopic (exact) mass is 367 g/mol. The Morgan fingerprint density at radius 1 is 1.22 bits per heavy atom. The molecule has 3 rings (SSSR count). The summed E-state index contributed by atoms with van der Waals surface area (Å²) in [7, 11) is 0. The zero-order valence-corrected chi connectivity index (χ0v) is 14.9. The van der Waals surface area contributed by atoms with Gasteiger partial charge in [-0.15, -0.1) is 0 Å². The van der Waals surface area contributed by atoms with Gasteiger partial charge in [0.05, 0.1) is 5.69 Å². The highest BCUT2D eigenvalue weighted by Gasteiger charge is 2.37. The zero-order chi connectivity index (χ0) is 19.2. The summed E-state index contributed by atoms with van der Waals surface area (Å²) < 4.78 is 0. The van der Waals surface area contributed by atoms with Gasteiger partial charge in [-0.05, 0) is 48.7 Å². The molecule has 0 radical (unpaired) electrons. The van der Waals surface area contributed by atoms with Gasteiger partial charge in [-0.1, -0.05) is 13.0 Å². The van der Waals surface area contributed by atoms with E-state index >= 15 is 0 Å². The number of hydrogen-bond acceptors (Lipinski definition) is 4. The number of imide groups is 1. The number of benzene rings is 1. The summed E-state index contributed by atoms with van der Waals surface area (Å²) in [5.74, 6) is -0.290. The van der Waals surface area contributed by atoms with Crippen molar-refractivity contribution in [2.45, 2.75) is 25.8 Å². The summed E-state index contributed by atoms with van der Waals surface area (Å²) in [5, 5.41) is 8.13. The van der Waals surface area contributed by atoms with Crippen LogP contribution in [0.4, 0.5) is 21.0 Å². The van der Waals surface area contributed by atoms with Crippen molar-refractivity contribution in [1.29, 1.82) is 0 Å². The minimum Gasteiger partial charge on any atom is -0.338 e. The molecule has 2 aromatic rings. The minimum absolute atomic E-state index is 0.290. The fourth-order valence-corrected chi connectivity index (χ4v) is 2.82. The molecule has 5 amide bonds. The zero-order valence-electron chi connectivity index (χ0n) is 14.9. The van der Waals surface area contributed by atoms with Gasteiger partial charge in [0.15, 0.2) is 0 Å². The Hall–Kier alpha value is -3.42. The molecule has 1 aromatic heterocycles. The van der Waals surface area contributed by atoms with Crippen molar-refractivity contribution >= 4 is 29.3 Å². The fraction of sp³-hybridized carbons (Fsp3) is 0.263. The first-order valence-electron chi connectivity index (χ1n) is 8.76. The molecule has 1 aliphatic rings. The van der Waals surface area contributed by atoms with Gasteiger partial charge >= 0.3 is 12.1 Å². The third kappa shape index (κ3) is 4.41. The van der Waals surface area contributed by atoms with Crippen LogP contribution in [0.3, 0.4) is 0 Å². The fourth-order valence-electron chi connectivity index (χ4n) is 2.82. The third-order valence-corrected chi connectivity index (χ3v) is 4.24. The van der Waals surface area contributed by atoms with Crippen LogP contribution in [0.1, 0.15) is 18.9 Å². The maximum absolute atomic E-state index is 12.3. The first kappa shape index (κ1) is 18.4. The molecule has 27 heavy (non-hydrogen) atoms. The Bertz CT molecular complexity index is 840. The highest BCUT2D eigenvalue weighted by molar-refractivity contribution is 6.21. The largest absolute Gasteiger partial charge is 0.338 e. The standard InChI is InChI=1S/C19H21N5O3/c1-2-16-17(25)24(19(27)23-16)15-5-3-4-14(12-15)22-18(26)21-11-8-13-6-9-20-10-7-13/h3-7,9-10,12,16H,2,8,11H2,1H3,(H,23,27)(H2,21,22,26). The van der Waals surface area contributed by atoms with E-state index in [9.17, 15) is 14.4 Å². The number of anilines is 2. The van der Waals surface area contributed by atoms with Crippen molar-refractivity contribution in [3.63, 3.8) is 0 Å². The van der Waals surface area contributed by atoms with Crippen LogP contribution in [0.15, 0.2) is 48.8 Å².